The van der Waals surface area contributed by atoms with Crippen molar-refractivity contribution in [1.82, 2.24) is 9.97 Å². The third kappa shape index (κ3) is 3.11. The van der Waals surface area contributed by atoms with E-state index in [9.17, 15) is 0 Å². The van der Waals surface area contributed by atoms with Gasteiger partial charge in [0.25, 0.3) is 0 Å². The largest absolute Gasteiger partial charge is 0.516 e. The minimum atomic E-state index is -3.26. The Hall–Kier alpha value is -1.18. The van der Waals surface area contributed by atoms with E-state index in [-0.39, 0.29) is 5.88 Å². The zero-order valence-corrected chi connectivity index (χ0v) is 11.8. The van der Waals surface area contributed by atoms with Crippen LogP contribution in [-0.4, -0.2) is 48.4 Å². The van der Waals surface area contributed by atoms with Crippen molar-refractivity contribution in [3.8, 4) is 5.88 Å². The molecule has 1 aliphatic heterocycles. The van der Waals surface area contributed by atoms with E-state index in [2.05, 4.69) is 14.7 Å². The molecule has 20 heavy (non-hydrogen) atoms. The highest BCUT2D eigenvalue weighted by atomic mass is 16.7. The SMILES string of the molecule is [2H]C([2H])([2H])OC([2H])([2H])C([2H])([2H])Oc1cnc(B2OC(C)(C)C(C)(C)O2)cn1. The van der Waals surface area contributed by atoms with Crippen molar-refractivity contribution >= 4 is 12.7 Å². The maximum absolute atomic E-state index is 7.65. The average molecular weight is 287 g/mol. The number of nitrogens with zero attached hydrogens (tertiary/aromatic N) is 2. The lowest BCUT2D eigenvalue weighted by Crippen LogP contribution is -2.41. The molecule has 6 nitrogen and oxygen atoms in total. The van der Waals surface area contributed by atoms with Crippen LogP contribution in [0.2, 0.25) is 0 Å². The molecule has 0 N–H and O–H groups in total. The van der Waals surface area contributed by atoms with E-state index < -0.39 is 38.5 Å². The summed E-state index contributed by atoms with van der Waals surface area (Å²) < 4.78 is 71.7. The van der Waals surface area contributed by atoms with Crippen molar-refractivity contribution in [3.05, 3.63) is 12.4 Å². The van der Waals surface area contributed by atoms with Gasteiger partial charge in [-0.25, -0.2) is 4.98 Å². The summed E-state index contributed by atoms with van der Waals surface area (Å²) >= 11 is 0. The van der Waals surface area contributed by atoms with Gasteiger partial charge in [-0.15, -0.1) is 0 Å². The maximum Gasteiger partial charge on any atom is 0.516 e. The molecule has 0 saturated carbocycles. The van der Waals surface area contributed by atoms with Gasteiger partial charge in [0.1, 0.15) is 6.56 Å². The van der Waals surface area contributed by atoms with Crippen LogP contribution < -0.4 is 10.3 Å². The molecule has 0 spiro atoms. The minimum absolute atomic E-state index is 0.323. The van der Waals surface area contributed by atoms with Crippen molar-refractivity contribution in [3.63, 3.8) is 0 Å². The molecule has 0 unspecified atom stereocenters. The van der Waals surface area contributed by atoms with Crippen LogP contribution in [0.3, 0.4) is 0 Å². The highest BCUT2D eigenvalue weighted by molar-refractivity contribution is 6.61. The number of ether oxygens (including phenoxy) is 2. The Bertz CT molecular complexity index is 666. The predicted octanol–water partition coefficient (Wildman–Crippen LogP) is 0.801. The van der Waals surface area contributed by atoms with Gasteiger partial charge in [-0.1, -0.05) is 0 Å². The summed E-state index contributed by atoms with van der Waals surface area (Å²) in [5.41, 5.74) is -0.827. The summed E-state index contributed by atoms with van der Waals surface area (Å²) in [6.07, 6.45) is 2.30. The first kappa shape index (κ1) is 8.31. The number of aromatic nitrogens is 2. The molecular formula is C13H21BN2O4. The molecule has 7 heteroatoms. The molecule has 0 aliphatic carbocycles. The van der Waals surface area contributed by atoms with Crippen LogP contribution in [0.5, 0.6) is 5.88 Å². The van der Waals surface area contributed by atoms with E-state index in [1.807, 2.05) is 27.7 Å². The molecule has 1 fully saturated rings. The van der Waals surface area contributed by atoms with Gasteiger partial charge in [-0.2, -0.15) is 0 Å². The van der Waals surface area contributed by atoms with Crippen molar-refractivity contribution in [2.75, 3.05) is 20.2 Å². The number of hydrogen-bond donors (Lipinski definition) is 0. The van der Waals surface area contributed by atoms with Gasteiger partial charge in [0, 0.05) is 13.2 Å². The van der Waals surface area contributed by atoms with Crippen molar-refractivity contribution < 1.29 is 28.4 Å². The van der Waals surface area contributed by atoms with Gasteiger partial charge >= 0.3 is 7.12 Å². The minimum Gasteiger partial charge on any atom is -0.474 e. The fourth-order valence-corrected chi connectivity index (χ4v) is 1.56. The summed E-state index contributed by atoms with van der Waals surface area (Å²) in [6, 6.07) is 0. The van der Waals surface area contributed by atoms with E-state index in [1.165, 1.54) is 6.20 Å². The number of hydrogen-bond acceptors (Lipinski definition) is 6. The van der Waals surface area contributed by atoms with Crippen LogP contribution in [0.1, 0.15) is 37.3 Å². The molecule has 0 aromatic carbocycles. The summed E-state index contributed by atoms with van der Waals surface area (Å²) in [5.74, 6) is -0.363. The van der Waals surface area contributed by atoms with Gasteiger partial charge in [0.15, 0.2) is 0 Å². The lowest BCUT2D eigenvalue weighted by Gasteiger charge is -2.32. The molecule has 0 radical (unpaired) electrons. The monoisotopic (exact) mass is 287 g/mol. The lowest BCUT2D eigenvalue weighted by molar-refractivity contribution is 0.00578. The Balaban J connectivity index is 2.12. The Labute approximate surface area is 129 Å². The zero-order valence-electron chi connectivity index (χ0n) is 18.8. The molecule has 1 saturated heterocycles. The molecule has 0 atom stereocenters. The normalized spacial score (nSPS) is 27.4. The van der Waals surface area contributed by atoms with Gasteiger partial charge in [0.05, 0.1) is 39.1 Å². The Morgan fingerprint density at radius 1 is 1.20 bits per heavy atom. The Morgan fingerprint density at radius 3 is 2.45 bits per heavy atom. The summed E-state index contributed by atoms with van der Waals surface area (Å²) in [7, 11) is -3.93. The Kier molecular flexibility index (Phi) is 2.36. The van der Waals surface area contributed by atoms with Crippen molar-refractivity contribution in [2.45, 2.75) is 38.9 Å². The maximum atomic E-state index is 7.65. The molecule has 1 aliphatic rings. The fraction of sp³-hybridized carbons (Fsp3) is 0.692. The molecule has 2 rings (SSSR count). The molecule has 1 aromatic rings. The third-order valence-electron chi connectivity index (χ3n) is 3.39. The molecule has 0 bridgehead atoms. The van der Waals surface area contributed by atoms with Crippen LogP contribution in [0.15, 0.2) is 12.4 Å². The van der Waals surface area contributed by atoms with E-state index in [4.69, 9.17) is 23.6 Å². The average Bonchev–Trinajstić information content (AvgIpc) is 2.65. The van der Waals surface area contributed by atoms with Crippen LogP contribution in [0.4, 0.5) is 0 Å². The van der Waals surface area contributed by atoms with Gasteiger partial charge in [0.2, 0.25) is 5.88 Å². The third-order valence-corrected chi connectivity index (χ3v) is 3.39. The fourth-order valence-electron chi connectivity index (χ4n) is 1.56. The van der Waals surface area contributed by atoms with E-state index in [0.29, 0.717) is 5.59 Å². The first-order valence-electron chi connectivity index (χ1n) is 9.53. The molecule has 2 heterocycles. The molecule has 1 aromatic heterocycles. The van der Waals surface area contributed by atoms with Gasteiger partial charge in [-0.3, -0.25) is 4.98 Å². The number of rotatable bonds is 5. The molecule has 0 amide bonds. The van der Waals surface area contributed by atoms with Crippen LogP contribution in [0.25, 0.3) is 0 Å². The summed E-state index contributed by atoms with van der Waals surface area (Å²) in [5, 5.41) is 0. The summed E-state index contributed by atoms with van der Waals surface area (Å²) in [4.78, 5) is 7.92. The lowest BCUT2D eigenvalue weighted by atomic mass is 9.85. The van der Waals surface area contributed by atoms with Crippen LogP contribution in [0, 0.1) is 0 Å². The smallest absolute Gasteiger partial charge is 0.474 e. The van der Waals surface area contributed by atoms with Crippen molar-refractivity contribution in [1.29, 1.82) is 0 Å². The quantitative estimate of drug-likeness (QED) is 0.747. The first-order valence-corrected chi connectivity index (χ1v) is 6.03. The highest BCUT2D eigenvalue weighted by Crippen LogP contribution is 2.36. The van der Waals surface area contributed by atoms with Crippen molar-refractivity contribution in [2.24, 2.45) is 0 Å². The second-order valence-electron chi connectivity index (χ2n) is 5.28. The second kappa shape index (κ2) is 5.67. The number of methoxy groups -OCH3 is 1. The topological polar surface area (TPSA) is 62.7 Å². The Morgan fingerprint density at radius 2 is 1.90 bits per heavy atom. The molecular weight excluding hydrogens is 259 g/mol. The van der Waals surface area contributed by atoms with E-state index in [1.54, 1.807) is 0 Å². The standard InChI is InChI=1S/C13H21BN2O4/c1-12(2)13(3,4)20-14(19-12)10-8-16-11(9-15-10)18-7-6-17-5/h8-9H,6-7H2,1-5H3/i5D3,6D2,7D2. The molecule has 110 valence electrons. The second-order valence-corrected chi connectivity index (χ2v) is 5.28. The van der Waals surface area contributed by atoms with Gasteiger partial charge < -0.3 is 18.8 Å². The summed E-state index contributed by atoms with van der Waals surface area (Å²) in [6.45, 7) is 1.10. The highest BCUT2D eigenvalue weighted by Gasteiger charge is 2.52. The first-order chi connectivity index (χ1) is 12.0. The van der Waals surface area contributed by atoms with Crippen LogP contribution >= 0.6 is 0 Å². The van der Waals surface area contributed by atoms with E-state index in [0.717, 1.165) is 6.20 Å². The zero-order chi connectivity index (χ0) is 20.9. The van der Waals surface area contributed by atoms with Gasteiger partial charge in [-0.05, 0) is 27.7 Å². The van der Waals surface area contributed by atoms with Crippen LogP contribution in [-0.2, 0) is 14.0 Å². The van der Waals surface area contributed by atoms with E-state index >= 15 is 0 Å². The predicted molar refractivity (Wildman–Crippen MR) is 75.1 cm³/mol.